The number of fused-ring (bicyclic) bond motifs is 1. The third kappa shape index (κ3) is 4.90. The molecular formula is C28H31N7O2. The van der Waals surface area contributed by atoms with Crippen molar-refractivity contribution in [2.24, 2.45) is 0 Å². The highest BCUT2D eigenvalue weighted by Gasteiger charge is 2.20. The van der Waals surface area contributed by atoms with Gasteiger partial charge in [0.05, 0.1) is 30.3 Å². The Hall–Kier alpha value is -4.24. The molecule has 1 aliphatic heterocycles. The van der Waals surface area contributed by atoms with E-state index in [9.17, 15) is 4.79 Å². The van der Waals surface area contributed by atoms with E-state index in [1.807, 2.05) is 31.2 Å². The average Bonchev–Trinajstić information content (AvgIpc) is 3.38. The standard InChI is InChI=1S/C28H31N7O2/c1-5-37-23-8-6-7-22(13-23)34(4)28(36)21-14-31-35(17-21)27-26(29)30-15-25(32-27)19-11-18(2)24-9-10-33(3)16-20(24)12-19/h6-8,11-15,17H,5,9-10,16H2,1-4H3,(H2,29,30). The number of amides is 1. The van der Waals surface area contributed by atoms with Gasteiger partial charge in [-0.25, -0.2) is 14.6 Å². The molecule has 1 aliphatic rings. The summed E-state index contributed by atoms with van der Waals surface area (Å²) in [7, 11) is 3.85. The number of carbonyl (C=O) groups is 1. The van der Waals surface area contributed by atoms with E-state index in [1.165, 1.54) is 27.6 Å². The minimum atomic E-state index is -0.211. The Morgan fingerprint density at radius 1 is 1.22 bits per heavy atom. The molecule has 190 valence electrons. The van der Waals surface area contributed by atoms with Crippen LogP contribution in [0.15, 0.2) is 55.0 Å². The molecule has 0 bridgehead atoms. The third-order valence-corrected chi connectivity index (χ3v) is 6.69. The van der Waals surface area contributed by atoms with E-state index in [4.69, 9.17) is 15.5 Å². The van der Waals surface area contributed by atoms with Crippen LogP contribution in [0.3, 0.4) is 0 Å². The smallest absolute Gasteiger partial charge is 0.261 e. The van der Waals surface area contributed by atoms with Gasteiger partial charge >= 0.3 is 0 Å². The van der Waals surface area contributed by atoms with Crippen LogP contribution in [-0.2, 0) is 13.0 Å². The highest BCUT2D eigenvalue weighted by molar-refractivity contribution is 6.05. The number of nitrogens with zero attached hydrogens (tertiary/aromatic N) is 6. The van der Waals surface area contributed by atoms with E-state index >= 15 is 0 Å². The van der Waals surface area contributed by atoms with Gasteiger partial charge in [-0.2, -0.15) is 5.10 Å². The normalized spacial score (nSPS) is 13.3. The summed E-state index contributed by atoms with van der Waals surface area (Å²) in [5.74, 6) is 1.11. The van der Waals surface area contributed by atoms with E-state index in [0.717, 1.165) is 30.8 Å². The van der Waals surface area contributed by atoms with Crippen molar-refractivity contribution in [3.05, 3.63) is 77.2 Å². The number of carbonyl (C=O) groups excluding carboxylic acids is 1. The quantitative estimate of drug-likeness (QED) is 0.431. The monoisotopic (exact) mass is 497 g/mol. The van der Waals surface area contributed by atoms with Crippen LogP contribution in [0, 0.1) is 6.92 Å². The summed E-state index contributed by atoms with van der Waals surface area (Å²) in [6.07, 6.45) is 5.87. The Balaban J connectivity index is 1.43. The topological polar surface area (TPSA) is 102 Å². The maximum Gasteiger partial charge on any atom is 0.261 e. The van der Waals surface area contributed by atoms with Crippen LogP contribution in [-0.4, -0.2) is 57.8 Å². The van der Waals surface area contributed by atoms with Gasteiger partial charge in [-0.1, -0.05) is 6.07 Å². The number of anilines is 2. The van der Waals surface area contributed by atoms with Crippen molar-refractivity contribution in [3.63, 3.8) is 0 Å². The summed E-state index contributed by atoms with van der Waals surface area (Å²) in [5, 5.41) is 4.38. The molecule has 0 atom stereocenters. The van der Waals surface area contributed by atoms with Crippen molar-refractivity contribution in [1.82, 2.24) is 24.6 Å². The third-order valence-electron chi connectivity index (χ3n) is 6.69. The molecule has 0 radical (unpaired) electrons. The molecule has 9 heteroatoms. The number of nitrogens with two attached hydrogens (primary N) is 1. The zero-order valence-electron chi connectivity index (χ0n) is 21.6. The van der Waals surface area contributed by atoms with Gasteiger partial charge in [0, 0.05) is 43.7 Å². The maximum atomic E-state index is 13.2. The fourth-order valence-corrected chi connectivity index (χ4v) is 4.71. The fourth-order valence-electron chi connectivity index (χ4n) is 4.71. The lowest BCUT2D eigenvalue weighted by Gasteiger charge is -2.27. The summed E-state index contributed by atoms with van der Waals surface area (Å²) in [4.78, 5) is 26.2. The first-order valence-electron chi connectivity index (χ1n) is 12.3. The van der Waals surface area contributed by atoms with E-state index < -0.39 is 0 Å². The zero-order valence-corrected chi connectivity index (χ0v) is 21.6. The number of hydrogen-bond acceptors (Lipinski definition) is 7. The Kier molecular flexibility index (Phi) is 6.62. The molecule has 9 nitrogen and oxygen atoms in total. The van der Waals surface area contributed by atoms with Crippen LogP contribution in [0.2, 0.25) is 0 Å². The van der Waals surface area contributed by atoms with Gasteiger partial charge in [0.15, 0.2) is 11.6 Å². The minimum Gasteiger partial charge on any atom is -0.494 e. The summed E-state index contributed by atoms with van der Waals surface area (Å²) in [6, 6.07) is 11.7. The molecule has 4 aromatic rings. The molecule has 1 amide bonds. The van der Waals surface area contributed by atoms with Crippen molar-refractivity contribution in [2.45, 2.75) is 26.8 Å². The van der Waals surface area contributed by atoms with Gasteiger partial charge in [-0.15, -0.1) is 0 Å². The van der Waals surface area contributed by atoms with Crippen LogP contribution < -0.4 is 15.4 Å². The van der Waals surface area contributed by atoms with Gasteiger partial charge in [-0.3, -0.25) is 4.79 Å². The Morgan fingerprint density at radius 3 is 2.86 bits per heavy atom. The number of benzene rings is 2. The molecule has 2 aromatic carbocycles. The Bertz CT molecular complexity index is 1460. The van der Waals surface area contributed by atoms with E-state index in [0.29, 0.717) is 29.4 Å². The van der Waals surface area contributed by atoms with E-state index in [-0.39, 0.29) is 11.7 Å². The molecule has 0 aliphatic carbocycles. The van der Waals surface area contributed by atoms with Gasteiger partial charge in [-0.05, 0) is 68.3 Å². The fraction of sp³-hybridized carbons (Fsp3) is 0.286. The molecular weight excluding hydrogens is 466 g/mol. The largest absolute Gasteiger partial charge is 0.494 e. The number of rotatable bonds is 6. The second-order valence-electron chi connectivity index (χ2n) is 9.35. The first-order chi connectivity index (χ1) is 17.8. The molecule has 2 N–H and O–H groups in total. The number of likely N-dealkylation sites (N-methyl/N-ethyl adjacent to an activating group) is 1. The van der Waals surface area contributed by atoms with Crippen LogP contribution in [0.4, 0.5) is 11.5 Å². The molecule has 0 unspecified atom stereocenters. The minimum absolute atomic E-state index is 0.211. The molecule has 0 saturated heterocycles. The van der Waals surface area contributed by atoms with Crippen molar-refractivity contribution < 1.29 is 9.53 Å². The number of aromatic nitrogens is 4. The van der Waals surface area contributed by atoms with Gasteiger partial charge < -0.3 is 20.3 Å². The molecule has 2 aromatic heterocycles. The second-order valence-corrected chi connectivity index (χ2v) is 9.35. The lowest BCUT2D eigenvalue weighted by molar-refractivity contribution is 0.0993. The lowest BCUT2D eigenvalue weighted by atomic mass is 9.92. The van der Waals surface area contributed by atoms with Crippen molar-refractivity contribution in [2.75, 3.05) is 37.9 Å². The number of aryl methyl sites for hydroxylation is 1. The highest BCUT2D eigenvalue weighted by Crippen LogP contribution is 2.29. The lowest BCUT2D eigenvalue weighted by Crippen LogP contribution is -2.27. The van der Waals surface area contributed by atoms with E-state index in [1.54, 1.807) is 24.3 Å². The van der Waals surface area contributed by atoms with Gasteiger partial charge in [0.1, 0.15) is 5.75 Å². The summed E-state index contributed by atoms with van der Waals surface area (Å²) < 4.78 is 7.06. The number of hydrogen-bond donors (Lipinski definition) is 1. The van der Waals surface area contributed by atoms with Crippen molar-refractivity contribution in [1.29, 1.82) is 0 Å². The molecule has 3 heterocycles. The Labute approximate surface area is 216 Å². The molecule has 37 heavy (non-hydrogen) atoms. The van der Waals surface area contributed by atoms with Crippen LogP contribution in [0.1, 0.15) is 34.0 Å². The predicted molar refractivity (Wildman–Crippen MR) is 144 cm³/mol. The first kappa shape index (κ1) is 24.5. The summed E-state index contributed by atoms with van der Waals surface area (Å²) >= 11 is 0. The molecule has 0 spiro atoms. The SMILES string of the molecule is CCOc1cccc(N(C)C(=O)c2cnn(-c3nc(-c4cc(C)c5c(c4)CN(C)CC5)cnc3N)c2)c1. The summed E-state index contributed by atoms with van der Waals surface area (Å²) in [5.41, 5.74) is 13.0. The molecule has 0 fully saturated rings. The number of nitrogen functional groups attached to an aromatic ring is 1. The van der Waals surface area contributed by atoms with Gasteiger partial charge in [0.25, 0.3) is 5.91 Å². The maximum absolute atomic E-state index is 13.2. The number of ether oxygens (including phenoxy) is 1. The molecule has 0 saturated carbocycles. The van der Waals surface area contributed by atoms with Gasteiger partial charge in [0.2, 0.25) is 0 Å². The Morgan fingerprint density at radius 2 is 2.05 bits per heavy atom. The zero-order chi connectivity index (χ0) is 26.1. The van der Waals surface area contributed by atoms with Crippen LogP contribution in [0.5, 0.6) is 5.75 Å². The van der Waals surface area contributed by atoms with Crippen LogP contribution in [0.25, 0.3) is 17.1 Å². The van der Waals surface area contributed by atoms with Crippen molar-refractivity contribution >= 4 is 17.4 Å². The highest BCUT2D eigenvalue weighted by atomic mass is 16.5. The van der Waals surface area contributed by atoms with Crippen LogP contribution >= 0.6 is 0 Å². The average molecular weight is 498 g/mol. The van der Waals surface area contributed by atoms with Crippen molar-refractivity contribution in [3.8, 4) is 22.8 Å². The van der Waals surface area contributed by atoms with E-state index in [2.05, 4.69) is 41.1 Å². The summed E-state index contributed by atoms with van der Waals surface area (Å²) in [6.45, 7) is 6.59. The first-order valence-corrected chi connectivity index (χ1v) is 12.3. The second kappa shape index (κ2) is 10.0. The molecule has 5 rings (SSSR count). The predicted octanol–water partition coefficient (Wildman–Crippen LogP) is 3.88.